The number of hydrogen-bond acceptors (Lipinski definition) is 4. The number of carbonyl (C=O) groups is 1. The summed E-state index contributed by atoms with van der Waals surface area (Å²) in [5, 5.41) is 3.06. The van der Waals surface area contributed by atoms with Crippen LogP contribution in [0.4, 0.5) is 0 Å². The Morgan fingerprint density at radius 1 is 1.26 bits per heavy atom. The van der Waals surface area contributed by atoms with E-state index in [2.05, 4.69) is 5.32 Å². The maximum Gasteiger partial charge on any atom is 0.341 e. The van der Waals surface area contributed by atoms with Gasteiger partial charge in [-0.1, -0.05) is 19.9 Å². The van der Waals surface area contributed by atoms with Crippen LogP contribution in [0, 0.1) is 0 Å². The van der Waals surface area contributed by atoms with Gasteiger partial charge in [-0.05, 0) is 37.6 Å². The van der Waals surface area contributed by atoms with E-state index in [9.17, 15) is 4.79 Å². The second-order valence-corrected chi connectivity index (χ2v) is 4.35. The van der Waals surface area contributed by atoms with Gasteiger partial charge in [0.25, 0.3) is 0 Å². The van der Waals surface area contributed by atoms with Crippen LogP contribution < -0.4 is 10.1 Å². The van der Waals surface area contributed by atoms with Crippen molar-refractivity contribution in [2.75, 3.05) is 20.3 Å². The van der Waals surface area contributed by atoms with Crippen LogP contribution in [-0.2, 0) is 11.3 Å². The van der Waals surface area contributed by atoms with Crippen LogP contribution in [0.25, 0.3) is 0 Å². The van der Waals surface area contributed by atoms with Crippen molar-refractivity contribution in [3.63, 3.8) is 0 Å². The largest absolute Gasteiger partial charge is 0.493 e. The molecule has 108 valence electrons. The molecule has 0 aliphatic carbocycles. The zero-order valence-electron chi connectivity index (χ0n) is 12.0. The Labute approximate surface area is 116 Å². The van der Waals surface area contributed by atoms with Gasteiger partial charge in [0.15, 0.2) is 0 Å². The Kier molecular flexibility index (Phi) is 6.97. The van der Waals surface area contributed by atoms with Crippen molar-refractivity contribution in [2.24, 2.45) is 0 Å². The quantitative estimate of drug-likeness (QED) is 0.736. The van der Waals surface area contributed by atoms with Crippen molar-refractivity contribution in [1.29, 1.82) is 0 Å². The fraction of sp³-hybridized carbons (Fsp3) is 0.533. The van der Waals surface area contributed by atoms with Crippen molar-refractivity contribution < 1.29 is 15.7 Å². The Morgan fingerprint density at radius 3 is 2.63 bits per heavy atom. The van der Waals surface area contributed by atoms with Gasteiger partial charge in [0, 0.05) is 7.97 Å². The molecule has 0 saturated carbocycles. The molecule has 0 amide bonds. The van der Waals surface area contributed by atoms with Crippen LogP contribution in [0.2, 0.25) is 0 Å². The van der Waals surface area contributed by atoms with E-state index < -0.39 is 0 Å². The van der Waals surface area contributed by atoms with Crippen LogP contribution in [0.1, 0.15) is 44.0 Å². The maximum atomic E-state index is 12.0. The van der Waals surface area contributed by atoms with Crippen molar-refractivity contribution >= 4 is 5.97 Å². The first kappa shape index (κ1) is 15.5. The molecule has 0 aliphatic heterocycles. The summed E-state index contributed by atoms with van der Waals surface area (Å²) in [5.74, 6) is 0.286. The Bertz CT molecular complexity index is 410. The Morgan fingerprint density at radius 2 is 2.00 bits per heavy atom. The Balaban J connectivity index is 0.00000361. The molecule has 1 N–H and O–H groups in total. The van der Waals surface area contributed by atoms with Gasteiger partial charge in [-0.3, -0.25) is 0 Å². The fourth-order valence-corrected chi connectivity index (χ4v) is 1.66. The molecule has 4 heteroatoms. The third-order valence-electron chi connectivity index (χ3n) is 2.54. The van der Waals surface area contributed by atoms with E-state index in [0.29, 0.717) is 31.1 Å². The van der Waals surface area contributed by atoms with E-state index in [0.717, 1.165) is 18.4 Å². The Hall–Kier alpha value is -1.55. The lowest BCUT2D eigenvalue weighted by atomic mass is 10.1. The standard InChI is InChI=1S/C15H23NO3.H2/c1-4-8-18-14-7-6-12(11-16-3)10-13(14)15(17)19-9-5-2;/h6-7,10,16H,4-5,8-9,11H2,1-3H3;1H. The molecule has 0 unspecified atom stereocenters. The number of benzene rings is 1. The van der Waals surface area contributed by atoms with Crippen molar-refractivity contribution in [3.8, 4) is 5.75 Å². The van der Waals surface area contributed by atoms with Gasteiger partial charge in [0.1, 0.15) is 11.3 Å². The average molecular weight is 267 g/mol. The van der Waals surface area contributed by atoms with E-state index in [1.807, 2.05) is 39.1 Å². The molecule has 0 bridgehead atoms. The van der Waals surface area contributed by atoms with Crippen LogP contribution in [0.15, 0.2) is 18.2 Å². The average Bonchev–Trinajstić information content (AvgIpc) is 2.43. The molecule has 1 rings (SSSR count). The van der Waals surface area contributed by atoms with Crippen molar-refractivity contribution in [2.45, 2.75) is 33.2 Å². The van der Waals surface area contributed by atoms with Gasteiger partial charge in [0.05, 0.1) is 13.2 Å². The number of hydrogen-bond donors (Lipinski definition) is 1. The summed E-state index contributed by atoms with van der Waals surface area (Å²) in [4.78, 5) is 12.0. The lowest BCUT2D eigenvalue weighted by molar-refractivity contribution is 0.0500. The van der Waals surface area contributed by atoms with Crippen molar-refractivity contribution in [1.82, 2.24) is 5.32 Å². The zero-order valence-corrected chi connectivity index (χ0v) is 12.0. The summed E-state index contributed by atoms with van der Waals surface area (Å²) in [6.45, 7) is 5.74. The van der Waals surface area contributed by atoms with Crippen molar-refractivity contribution in [3.05, 3.63) is 29.3 Å². The molecular formula is C15H25NO3. The predicted octanol–water partition coefficient (Wildman–Crippen LogP) is 3.01. The molecule has 0 atom stereocenters. The number of esters is 1. The predicted molar refractivity (Wildman–Crippen MR) is 77.7 cm³/mol. The third kappa shape index (κ3) is 4.91. The molecule has 0 saturated heterocycles. The van der Waals surface area contributed by atoms with E-state index >= 15 is 0 Å². The highest BCUT2D eigenvalue weighted by molar-refractivity contribution is 5.92. The van der Waals surface area contributed by atoms with Gasteiger partial charge in [-0.15, -0.1) is 0 Å². The maximum absolute atomic E-state index is 12.0. The molecule has 1 aromatic carbocycles. The highest BCUT2D eigenvalue weighted by Crippen LogP contribution is 2.21. The first-order valence-electron chi connectivity index (χ1n) is 6.80. The third-order valence-corrected chi connectivity index (χ3v) is 2.54. The van der Waals surface area contributed by atoms with Crippen LogP contribution >= 0.6 is 0 Å². The molecule has 0 spiro atoms. The van der Waals surface area contributed by atoms with E-state index in [1.54, 1.807) is 0 Å². The van der Waals surface area contributed by atoms with Gasteiger partial charge < -0.3 is 14.8 Å². The molecule has 4 nitrogen and oxygen atoms in total. The summed E-state index contributed by atoms with van der Waals surface area (Å²) in [5.41, 5.74) is 1.55. The van der Waals surface area contributed by atoms with Gasteiger partial charge in [-0.2, -0.15) is 0 Å². The topological polar surface area (TPSA) is 47.6 Å². The molecule has 1 aromatic rings. The minimum Gasteiger partial charge on any atom is -0.493 e. The fourth-order valence-electron chi connectivity index (χ4n) is 1.66. The van der Waals surface area contributed by atoms with Gasteiger partial charge >= 0.3 is 5.97 Å². The monoisotopic (exact) mass is 267 g/mol. The summed E-state index contributed by atoms with van der Waals surface area (Å²) >= 11 is 0. The van der Waals surface area contributed by atoms with E-state index in [-0.39, 0.29) is 7.40 Å². The lowest BCUT2D eigenvalue weighted by Crippen LogP contribution is -2.11. The highest BCUT2D eigenvalue weighted by Gasteiger charge is 2.14. The SMILES string of the molecule is CCCOC(=O)c1cc(CNC)ccc1OCCC.[HH]. The second-order valence-electron chi connectivity index (χ2n) is 4.35. The molecule has 0 fully saturated rings. The smallest absolute Gasteiger partial charge is 0.341 e. The molecule has 0 aromatic heterocycles. The van der Waals surface area contributed by atoms with Gasteiger partial charge in [-0.25, -0.2) is 4.79 Å². The molecule has 0 heterocycles. The minimum absolute atomic E-state index is 0. The molecule has 0 radical (unpaired) electrons. The summed E-state index contributed by atoms with van der Waals surface area (Å²) in [6, 6.07) is 5.63. The van der Waals surface area contributed by atoms with E-state index in [1.165, 1.54) is 0 Å². The van der Waals surface area contributed by atoms with Gasteiger partial charge in [0.2, 0.25) is 0 Å². The number of ether oxygens (including phenoxy) is 2. The van der Waals surface area contributed by atoms with Crippen LogP contribution in [0.5, 0.6) is 5.75 Å². The second kappa shape index (κ2) is 8.53. The number of rotatable bonds is 8. The summed E-state index contributed by atoms with van der Waals surface area (Å²) in [6.07, 6.45) is 1.72. The molecule has 19 heavy (non-hydrogen) atoms. The lowest BCUT2D eigenvalue weighted by Gasteiger charge is -2.12. The van der Waals surface area contributed by atoms with Crippen LogP contribution in [0.3, 0.4) is 0 Å². The normalized spacial score (nSPS) is 10.3. The molecular weight excluding hydrogens is 242 g/mol. The summed E-state index contributed by atoms with van der Waals surface area (Å²) < 4.78 is 10.8. The molecule has 0 aliphatic rings. The number of carbonyl (C=O) groups excluding carboxylic acids is 1. The first-order chi connectivity index (χ1) is 9.22. The zero-order chi connectivity index (χ0) is 14.1. The minimum atomic E-state index is -0.314. The van der Waals surface area contributed by atoms with E-state index in [4.69, 9.17) is 9.47 Å². The number of nitrogens with one attached hydrogen (secondary N) is 1. The van der Waals surface area contributed by atoms with Crippen LogP contribution in [-0.4, -0.2) is 26.2 Å². The summed E-state index contributed by atoms with van der Waals surface area (Å²) in [7, 11) is 1.87. The highest BCUT2D eigenvalue weighted by atomic mass is 16.5. The first-order valence-corrected chi connectivity index (χ1v) is 6.80.